The smallest absolute Gasteiger partial charge is 0.126 e. The molecule has 2 aromatic rings. The maximum absolute atomic E-state index is 13.7. The summed E-state index contributed by atoms with van der Waals surface area (Å²) in [4.78, 5) is 3.96. The first-order chi connectivity index (χ1) is 9.19. The van der Waals surface area contributed by atoms with E-state index in [0.717, 1.165) is 5.56 Å². The molecule has 100 valence electrons. The lowest BCUT2D eigenvalue weighted by molar-refractivity contribution is 0.506. The van der Waals surface area contributed by atoms with Gasteiger partial charge in [0.15, 0.2) is 0 Å². The molecule has 5 heteroatoms. The van der Waals surface area contributed by atoms with Crippen LogP contribution in [0.5, 0.6) is 0 Å². The molecule has 0 aliphatic heterocycles. The average molecular weight is 280 g/mol. The van der Waals surface area contributed by atoms with Crippen LogP contribution in [0.15, 0.2) is 42.7 Å². The van der Waals surface area contributed by atoms with Crippen molar-refractivity contribution < 1.29 is 4.39 Å². The van der Waals surface area contributed by atoms with Gasteiger partial charge in [0.05, 0.1) is 0 Å². The number of nitrogens with two attached hydrogens (primary N) is 1. The van der Waals surface area contributed by atoms with Gasteiger partial charge in [-0.3, -0.25) is 16.3 Å². The fourth-order valence-corrected chi connectivity index (χ4v) is 2.15. The summed E-state index contributed by atoms with van der Waals surface area (Å²) in [6.07, 6.45) is 4.63. The molecule has 1 unspecified atom stereocenters. The van der Waals surface area contributed by atoms with E-state index in [9.17, 15) is 4.39 Å². The van der Waals surface area contributed by atoms with E-state index in [1.165, 1.54) is 12.1 Å². The van der Waals surface area contributed by atoms with Crippen LogP contribution in [-0.2, 0) is 12.8 Å². The molecular formula is C14H15ClFN3. The zero-order valence-electron chi connectivity index (χ0n) is 10.3. The minimum Gasteiger partial charge on any atom is -0.271 e. The summed E-state index contributed by atoms with van der Waals surface area (Å²) in [6.45, 7) is 0. The molecule has 3 N–H and O–H groups in total. The molecule has 1 aromatic heterocycles. The molecule has 0 spiro atoms. The maximum Gasteiger partial charge on any atom is 0.126 e. The quantitative estimate of drug-likeness (QED) is 0.653. The first-order valence-corrected chi connectivity index (χ1v) is 6.36. The Labute approximate surface area is 116 Å². The van der Waals surface area contributed by atoms with Crippen LogP contribution >= 0.6 is 11.6 Å². The number of aromatic nitrogens is 1. The van der Waals surface area contributed by atoms with Gasteiger partial charge in [0.25, 0.3) is 0 Å². The van der Waals surface area contributed by atoms with E-state index >= 15 is 0 Å². The Morgan fingerprint density at radius 2 is 1.95 bits per heavy atom. The number of hydrazine groups is 1. The molecule has 0 aliphatic rings. The second-order valence-corrected chi connectivity index (χ2v) is 4.80. The second kappa shape index (κ2) is 6.61. The van der Waals surface area contributed by atoms with Crippen molar-refractivity contribution in [3.8, 4) is 0 Å². The zero-order chi connectivity index (χ0) is 13.7. The predicted molar refractivity (Wildman–Crippen MR) is 74.2 cm³/mol. The molecule has 1 heterocycles. The third kappa shape index (κ3) is 3.99. The van der Waals surface area contributed by atoms with Crippen LogP contribution in [0.1, 0.15) is 11.1 Å². The maximum atomic E-state index is 13.7. The van der Waals surface area contributed by atoms with E-state index in [1.807, 2.05) is 12.1 Å². The molecular weight excluding hydrogens is 265 g/mol. The number of halogens is 2. The number of hydrogen-bond donors (Lipinski definition) is 2. The average Bonchev–Trinajstić information content (AvgIpc) is 2.43. The Bertz CT molecular complexity index is 533. The van der Waals surface area contributed by atoms with Crippen molar-refractivity contribution in [2.75, 3.05) is 0 Å². The van der Waals surface area contributed by atoms with Crippen molar-refractivity contribution in [2.24, 2.45) is 5.84 Å². The summed E-state index contributed by atoms with van der Waals surface area (Å²) in [5, 5.41) is 0.524. The molecule has 0 saturated carbocycles. The number of pyridine rings is 1. The van der Waals surface area contributed by atoms with Crippen molar-refractivity contribution in [1.82, 2.24) is 10.4 Å². The highest BCUT2D eigenvalue weighted by atomic mass is 35.5. The summed E-state index contributed by atoms with van der Waals surface area (Å²) in [5.74, 6) is 5.27. The summed E-state index contributed by atoms with van der Waals surface area (Å²) in [6, 6.07) is 8.31. The van der Waals surface area contributed by atoms with Crippen molar-refractivity contribution in [3.05, 3.63) is 64.7 Å². The van der Waals surface area contributed by atoms with Crippen molar-refractivity contribution >= 4 is 11.6 Å². The Morgan fingerprint density at radius 1 is 1.21 bits per heavy atom. The fraction of sp³-hybridized carbons (Fsp3) is 0.214. The molecule has 0 aliphatic carbocycles. The Balaban J connectivity index is 2.09. The molecule has 3 nitrogen and oxygen atoms in total. The number of nitrogens with one attached hydrogen (secondary N) is 1. The molecule has 1 aromatic carbocycles. The standard InChI is InChI=1S/C14H15ClFN3/c15-12-1-2-14(16)11(8-12)9-13(19-17)7-10-3-5-18-6-4-10/h1-6,8,13,19H,7,9,17H2. The highest BCUT2D eigenvalue weighted by Crippen LogP contribution is 2.17. The third-order valence-corrected chi connectivity index (χ3v) is 3.18. The first kappa shape index (κ1) is 13.9. The molecule has 1 atom stereocenters. The summed E-state index contributed by atoms with van der Waals surface area (Å²) < 4.78 is 13.7. The molecule has 0 fully saturated rings. The SMILES string of the molecule is NNC(Cc1ccncc1)Cc1cc(Cl)ccc1F. The van der Waals surface area contributed by atoms with Crippen LogP contribution in [-0.4, -0.2) is 11.0 Å². The number of nitrogens with zero attached hydrogens (tertiary/aromatic N) is 1. The van der Waals surface area contributed by atoms with Crippen LogP contribution in [0.2, 0.25) is 5.02 Å². The molecule has 19 heavy (non-hydrogen) atoms. The lowest BCUT2D eigenvalue weighted by Crippen LogP contribution is -2.38. The molecule has 0 radical (unpaired) electrons. The van der Waals surface area contributed by atoms with Gasteiger partial charge in [-0.1, -0.05) is 11.6 Å². The van der Waals surface area contributed by atoms with Gasteiger partial charge < -0.3 is 0 Å². The van der Waals surface area contributed by atoms with E-state index < -0.39 is 0 Å². The van der Waals surface area contributed by atoms with Gasteiger partial charge >= 0.3 is 0 Å². The van der Waals surface area contributed by atoms with E-state index in [4.69, 9.17) is 17.4 Å². The van der Waals surface area contributed by atoms with Crippen molar-refractivity contribution in [3.63, 3.8) is 0 Å². The Hall–Kier alpha value is -1.49. The van der Waals surface area contributed by atoms with Gasteiger partial charge in [-0.25, -0.2) is 4.39 Å². The summed E-state index contributed by atoms with van der Waals surface area (Å²) >= 11 is 5.88. The highest BCUT2D eigenvalue weighted by Gasteiger charge is 2.12. The third-order valence-electron chi connectivity index (χ3n) is 2.94. The molecule has 2 rings (SSSR count). The lowest BCUT2D eigenvalue weighted by atomic mass is 10.00. The van der Waals surface area contributed by atoms with Gasteiger partial charge in [-0.05, 0) is 54.3 Å². The summed E-state index contributed by atoms with van der Waals surface area (Å²) in [7, 11) is 0. The second-order valence-electron chi connectivity index (χ2n) is 4.36. The highest BCUT2D eigenvalue weighted by molar-refractivity contribution is 6.30. The van der Waals surface area contributed by atoms with Gasteiger partial charge in [0.2, 0.25) is 0 Å². The van der Waals surface area contributed by atoms with Crippen LogP contribution in [0, 0.1) is 5.82 Å². The normalized spacial score (nSPS) is 12.4. The zero-order valence-corrected chi connectivity index (χ0v) is 11.1. The summed E-state index contributed by atoms with van der Waals surface area (Å²) in [5.41, 5.74) is 4.37. The van der Waals surface area contributed by atoms with Gasteiger partial charge in [0.1, 0.15) is 5.82 Å². The fourth-order valence-electron chi connectivity index (χ4n) is 1.96. The largest absolute Gasteiger partial charge is 0.271 e. The van der Waals surface area contributed by atoms with Gasteiger partial charge in [0, 0.05) is 23.5 Å². The van der Waals surface area contributed by atoms with Crippen LogP contribution in [0.4, 0.5) is 4.39 Å². The van der Waals surface area contributed by atoms with Gasteiger partial charge in [-0.2, -0.15) is 0 Å². The monoisotopic (exact) mass is 279 g/mol. The van der Waals surface area contributed by atoms with E-state index in [0.29, 0.717) is 23.4 Å². The Kier molecular flexibility index (Phi) is 4.85. The van der Waals surface area contributed by atoms with E-state index in [-0.39, 0.29) is 11.9 Å². The van der Waals surface area contributed by atoms with Crippen molar-refractivity contribution in [1.29, 1.82) is 0 Å². The number of benzene rings is 1. The predicted octanol–water partition coefficient (Wildman–Crippen LogP) is 2.49. The van der Waals surface area contributed by atoms with Crippen LogP contribution in [0.3, 0.4) is 0 Å². The van der Waals surface area contributed by atoms with Crippen molar-refractivity contribution in [2.45, 2.75) is 18.9 Å². The Morgan fingerprint density at radius 3 is 2.63 bits per heavy atom. The minimum absolute atomic E-state index is 0.0598. The topological polar surface area (TPSA) is 50.9 Å². The van der Waals surface area contributed by atoms with Gasteiger partial charge in [-0.15, -0.1) is 0 Å². The molecule has 0 amide bonds. The number of rotatable bonds is 5. The van der Waals surface area contributed by atoms with E-state index in [2.05, 4.69) is 10.4 Å². The molecule has 0 saturated heterocycles. The van der Waals surface area contributed by atoms with Crippen LogP contribution in [0.25, 0.3) is 0 Å². The molecule has 0 bridgehead atoms. The lowest BCUT2D eigenvalue weighted by Gasteiger charge is -2.16. The first-order valence-electron chi connectivity index (χ1n) is 5.98. The van der Waals surface area contributed by atoms with E-state index in [1.54, 1.807) is 18.5 Å². The number of hydrogen-bond acceptors (Lipinski definition) is 3. The minimum atomic E-state index is -0.264. The van der Waals surface area contributed by atoms with Crippen LogP contribution < -0.4 is 11.3 Å².